The van der Waals surface area contributed by atoms with Crippen molar-refractivity contribution < 1.29 is 19.4 Å². The van der Waals surface area contributed by atoms with Crippen LogP contribution in [0.15, 0.2) is 42.5 Å². The highest BCUT2D eigenvalue weighted by atomic mass is 16.5. The average molecular weight is 327 g/mol. The summed E-state index contributed by atoms with van der Waals surface area (Å²) in [6, 6.07) is 12.8. The molecule has 2 atom stereocenters. The first-order chi connectivity index (χ1) is 11.6. The third-order valence-electron chi connectivity index (χ3n) is 4.48. The van der Waals surface area contributed by atoms with Crippen LogP contribution in [0.2, 0.25) is 0 Å². The number of carbonyl (C=O) groups is 2. The molecule has 2 unspecified atom stereocenters. The number of rotatable bonds is 5. The average Bonchev–Trinajstić information content (AvgIpc) is 2.60. The van der Waals surface area contributed by atoms with Gasteiger partial charge >= 0.3 is 5.97 Å². The molecule has 0 bridgehead atoms. The number of ether oxygens (including phenoxy) is 1. The predicted octanol–water partition coefficient (Wildman–Crippen LogP) is 2.38. The first kappa shape index (κ1) is 16.5. The summed E-state index contributed by atoms with van der Waals surface area (Å²) >= 11 is 0. The number of carboxylic acids is 1. The van der Waals surface area contributed by atoms with Gasteiger partial charge in [0.05, 0.1) is 13.0 Å². The van der Waals surface area contributed by atoms with Crippen LogP contribution in [0.5, 0.6) is 0 Å². The van der Waals surface area contributed by atoms with Crippen LogP contribution >= 0.6 is 0 Å². The van der Waals surface area contributed by atoms with Crippen molar-refractivity contribution in [2.45, 2.75) is 25.3 Å². The topological polar surface area (TPSA) is 75.6 Å². The Morgan fingerprint density at radius 3 is 2.75 bits per heavy atom. The molecule has 126 valence electrons. The van der Waals surface area contributed by atoms with Gasteiger partial charge in [-0.2, -0.15) is 0 Å². The van der Waals surface area contributed by atoms with Crippen molar-refractivity contribution in [1.82, 2.24) is 5.32 Å². The minimum Gasteiger partial charge on any atom is -0.480 e. The second-order valence-corrected chi connectivity index (χ2v) is 6.18. The van der Waals surface area contributed by atoms with Gasteiger partial charge in [0.25, 0.3) is 0 Å². The standard InChI is InChI=1S/C19H21NO4/c21-17(20-18(19(22)23)15-8-4-10-24-12-15)11-14-7-3-6-13-5-1-2-9-16(13)14/h1-3,5-7,9,15,18H,4,8,10-12H2,(H,20,21)(H,22,23). The van der Waals surface area contributed by atoms with E-state index in [0.717, 1.165) is 29.2 Å². The third kappa shape index (κ3) is 3.74. The van der Waals surface area contributed by atoms with E-state index < -0.39 is 12.0 Å². The van der Waals surface area contributed by atoms with Gasteiger partial charge in [-0.15, -0.1) is 0 Å². The molecule has 2 N–H and O–H groups in total. The van der Waals surface area contributed by atoms with Gasteiger partial charge in [-0.1, -0.05) is 42.5 Å². The van der Waals surface area contributed by atoms with Crippen LogP contribution in [0, 0.1) is 5.92 Å². The van der Waals surface area contributed by atoms with Gasteiger partial charge < -0.3 is 15.2 Å². The van der Waals surface area contributed by atoms with Crippen molar-refractivity contribution in [3.05, 3.63) is 48.0 Å². The Balaban J connectivity index is 1.72. The molecule has 0 aromatic heterocycles. The zero-order chi connectivity index (χ0) is 16.9. The first-order valence-corrected chi connectivity index (χ1v) is 8.21. The van der Waals surface area contributed by atoms with Crippen molar-refractivity contribution in [3.63, 3.8) is 0 Å². The number of benzene rings is 2. The Morgan fingerprint density at radius 2 is 2.00 bits per heavy atom. The first-order valence-electron chi connectivity index (χ1n) is 8.21. The van der Waals surface area contributed by atoms with Crippen molar-refractivity contribution in [3.8, 4) is 0 Å². The smallest absolute Gasteiger partial charge is 0.326 e. The molecular formula is C19H21NO4. The molecule has 2 aromatic carbocycles. The number of carbonyl (C=O) groups excluding carboxylic acids is 1. The summed E-state index contributed by atoms with van der Waals surface area (Å²) in [5, 5.41) is 14.2. The minimum atomic E-state index is -1.00. The number of nitrogens with one attached hydrogen (secondary N) is 1. The van der Waals surface area contributed by atoms with Gasteiger partial charge in [0.2, 0.25) is 5.91 Å². The Hall–Kier alpha value is -2.40. The number of aliphatic carboxylic acids is 1. The van der Waals surface area contributed by atoms with Crippen molar-refractivity contribution in [1.29, 1.82) is 0 Å². The van der Waals surface area contributed by atoms with Crippen molar-refractivity contribution >= 4 is 22.6 Å². The highest BCUT2D eigenvalue weighted by Crippen LogP contribution is 2.20. The fraction of sp³-hybridized carbons (Fsp3) is 0.368. The summed E-state index contributed by atoms with van der Waals surface area (Å²) in [7, 11) is 0. The Kier molecular flexibility index (Phi) is 5.11. The van der Waals surface area contributed by atoms with Gasteiger partial charge in [-0.3, -0.25) is 4.79 Å². The number of fused-ring (bicyclic) bond motifs is 1. The van der Waals surface area contributed by atoms with Gasteiger partial charge in [0.15, 0.2) is 0 Å². The van der Waals surface area contributed by atoms with E-state index in [1.807, 2.05) is 42.5 Å². The van der Waals surface area contributed by atoms with E-state index in [1.165, 1.54) is 0 Å². The molecule has 5 nitrogen and oxygen atoms in total. The lowest BCUT2D eigenvalue weighted by Gasteiger charge is -2.28. The SMILES string of the molecule is O=C(Cc1cccc2ccccc12)NC(C(=O)O)C1CCCOC1. The highest BCUT2D eigenvalue weighted by molar-refractivity contribution is 5.91. The van der Waals surface area contributed by atoms with Crippen LogP contribution < -0.4 is 5.32 Å². The fourth-order valence-corrected chi connectivity index (χ4v) is 3.25. The largest absolute Gasteiger partial charge is 0.480 e. The molecule has 0 aliphatic carbocycles. The molecule has 1 fully saturated rings. The van der Waals surface area contributed by atoms with E-state index in [9.17, 15) is 14.7 Å². The van der Waals surface area contributed by atoms with Crippen LogP contribution in [0.4, 0.5) is 0 Å². The monoisotopic (exact) mass is 327 g/mol. The van der Waals surface area contributed by atoms with Crippen molar-refractivity contribution in [2.75, 3.05) is 13.2 Å². The fourth-order valence-electron chi connectivity index (χ4n) is 3.25. The normalized spacial score (nSPS) is 18.9. The minimum absolute atomic E-state index is 0.165. The van der Waals surface area contributed by atoms with Crippen LogP contribution in [-0.2, 0) is 20.7 Å². The van der Waals surface area contributed by atoms with Crippen LogP contribution in [0.3, 0.4) is 0 Å². The van der Waals surface area contributed by atoms with Gasteiger partial charge in [0.1, 0.15) is 6.04 Å². The molecule has 5 heteroatoms. The summed E-state index contributed by atoms with van der Waals surface area (Å²) in [5.41, 5.74) is 0.898. The lowest BCUT2D eigenvalue weighted by Crippen LogP contribution is -2.48. The molecule has 1 saturated heterocycles. The summed E-state index contributed by atoms with van der Waals surface area (Å²) in [6.07, 6.45) is 1.75. The maximum Gasteiger partial charge on any atom is 0.326 e. The molecule has 0 saturated carbocycles. The molecule has 0 radical (unpaired) electrons. The van der Waals surface area contributed by atoms with Gasteiger partial charge in [0, 0.05) is 12.5 Å². The molecule has 0 spiro atoms. The molecule has 1 aliphatic heterocycles. The van der Waals surface area contributed by atoms with E-state index in [2.05, 4.69) is 5.32 Å². The van der Waals surface area contributed by atoms with Gasteiger partial charge in [-0.05, 0) is 29.2 Å². The quantitative estimate of drug-likeness (QED) is 0.884. The Morgan fingerprint density at radius 1 is 1.21 bits per heavy atom. The number of hydrogen-bond acceptors (Lipinski definition) is 3. The molecule has 1 amide bonds. The Bertz CT molecular complexity index is 732. The van der Waals surface area contributed by atoms with E-state index in [0.29, 0.717) is 13.2 Å². The van der Waals surface area contributed by atoms with Crippen LogP contribution in [-0.4, -0.2) is 36.2 Å². The number of amides is 1. The summed E-state index contributed by atoms with van der Waals surface area (Å²) in [4.78, 5) is 23.9. The maximum atomic E-state index is 12.4. The second-order valence-electron chi connectivity index (χ2n) is 6.18. The maximum absolute atomic E-state index is 12.4. The van der Waals surface area contributed by atoms with Crippen LogP contribution in [0.25, 0.3) is 10.8 Å². The number of hydrogen-bond donors (Lipinski definition) is 2. The molecular weight excluding hydrogens is 306 g/mol. The van der Waals surface area contributed by atoms with E-state index in [1.54, 1.807) is 0 Å². The molecule has 2 aromatic rings. The lowest BCUT2D eigenvalue weighted by molar-refractivity contribution is -0.145. The van der Waals surface area contributed by atoms with E-state index in [4.69, 9.17) is 4.74 Å². The van der Waals surface area contributed by atoms with E-state index >= 15 is 0 Å². The second kappa shape index (κ2) is 7.45. The van der Waals surface area contributed by atoms with Crippen molar-refractivity contribution in [2.24, 2.45) is 5.92 Å². The van der Waals surface area contributed by atoms with E-state index in [-0.39, 0.29) is 18.2 Å². The summed E-state index contributed by atoms with van der Waals surface area (Å²) in [6.45, 7) is 1.04. The number of carboxylic acid groups (broad SMARTS) is 1. The molecule has 1 heterocycles. The van der Waals surface area contributed by atoms with Gasteiger partial charge in [-0.25, -0.2) is 4.79 Å². The summed E-state index contributed by atoms with van der Waals surface area (Å²) in [5.74, 6) is -1.45. The predicted molar refractivity (Wildman–Crippen MR) is 90.8 cm³/mol. The Labute approximate surface area is 140 Å². The summed E-state index contributed by atoms with van der Waals surface area (Å²) < 4.78 is 5.36. The zero-order valence-corrected chi connectivity index (χ0v) is 13.4. The van der Waals surface area contributed by atoms with Crippen LogP contribution in [0.1, 0.15) is 18.4 Å². The third-order valence-corrected chi connectivity index (χ3v) is 4.48. The lowest BCUT2D eigenvalue weighted by atomic mass is 9.93. The highest BCUT2D eigenvalue weighted by Gasteiger charge is 2.31. The molecule has 24 heavy (non-hydrogen) atoms. The molecule has 3 rings (SSSR count). The zero-order valence-electron chi connectivity index (χ0n) is 13.4. The molecule has 1 aliphatic rings.